The molecule has 4 heteroatoms. The molecule has 1 N–H and O–H groups in total. The van der Waals surface area contributed by atoms with E-state index in [0.29, 0.717) is 6.04 Å². The Hall–Kier alpha value is -1.26. The Morgan fingerprint density at radius 3 is 2.67 bits per heavy atom. The van der Waals surface area contributed by atoms with Crippen molar-refractivity contribution in [2.75, 3.05) is 40.4 Å². The Balaban J connectivity index is 2.12. The molecule has 0 amide bonds. The van der Waals surface area contributed by atoms with Crippen molar-refractivity contribution in [2.45, 2.75) is 32.2 Å². The van der Waals surface area contributed by atoms with Gasteiger partial charge in [-0.25, -0.2) is 0 Å². The molecule has 0 saturated carbocycles. The van der Waals surface area contributed by atoms with E-state index in [1.165, 1.54) is 5.56 Å². The van der Waals surface area contributed by atoms with Crippen molar-refractivity contribution in [3.05, 3.63) is 23.8 Å². The number of nitrogens with zero attached hydrogens (tertiary/aromatic N) is 1. The van der Waals surface area contributed by atoms with Crippen LogP contribution in [0.1, 0.15) is 37.8 Å². The standard InChI is InChI=1S/C17H28N2O2/c1-4-9-18-15(8-10-19(2)3)14-6-7-16-17(13-14)21-12-5-11-20-16/h6-7,13,15,18H,4-5,8-12H2,1-3H3. The molecule has 1 unspecified atom stereocenters. The lowest BCUT2D eigenvalue weighted by atomic mass is 10.0. The summed E-state index contributed by atoms with van der Waals surface area (Å²) in [6.45, 7) is 5.78. The molecule has 1 heterocycles. The summed E-state index contributed by atoms with van der Waals surface area (Å²) in [5, 5.41) is 3.64. The molecule has 1 aliphatic rings. The van der Waals surface area contributed by atoms with Crippen LogP contribution in [0.4, 0.5) is 0 Å². The van der Waals surface area contributed by atoms with Crippen LogP contribution in [0.2, 0.25) is 0 Å². The summed E-state index contributed by atoms with van der Waals surface area (Å²) in [6, 6.07) is 6.72. The van der Waals surface area contributed by atoms with Gasteiger partial charge in [0.25, 0.3) is 0 Å². The predicted molar refractivity (Wildman–Crippen MR) is 86.3 cm³/mol. The van der Waals surface area contributed by atoms with Crippen LogP contribution in [0.5, 0.6) is 11.5 Å². The van der Waals surface area contributed by atoms with Gasteiger partial charge in [-0.1, -0.05) is 13.0 Å². The zero-order valence-electron chi connectivity index (χ0n) is 13.5. The fourth-order valence-electron chi connectivity index (χ4n) is 2.49. The minimum atomic E-state index is 0.365. The van der Waals surface area contributed by atoms with Gasteiger partial charge >= 0.3 is 0 Å². The Morgan fingerprint density at radius 2 is 1.95 bits per heavy atom. The minimum Gasteiger partial charge on any atom is -0.490 e. The highest BCUT2D eigenvalue weighted by Crippen LogP contribution is 2.33. The lowest BCUT2D eigenvalue weighted by molar-refractivity contribution is 0.296. The molecule has 0 spiro atoms. The second kappa shape index (κ2) is 8.25. The molecule has 0 fully saturated rings. The fourth-order valence-corrected chi connectivity index (χ4v) is 2.49. The van der Waals surface area contributed by atoms with E-state index in [4.69, 9.17) is 9.47 Å². The molecule has 0 aliphatic carbocycles. The van der Waals surface area contributed by atoms with Gasteiger partial charge in [-0.2, -0.15) is 0 Å². The molecule has 1 aliphatic heterocycles. The molecule has 0 bridgehead atoms. The molecule has 118 valence electrons. The highest BCUT2D eigenvalue weighted by Gasteiger charge is 2.16. The number of hydrogen-bond acceptors (Lipinski definition) is 4. The Bertz CT molecular complexity index is 435. The number of fused-ring (bicyclic) bond motifs is 1. The fraction of sp³-hybridized carbons (Fsp3) is 0.647. The average Bonchev–Trinajstić information content (AvgIpc) is 2.71. The van der Waals surface area contributed by atoms with Crippen molar-refractivity contribution < 1.29 is 9.47 Å². The van der Waals surface area contributed by atoms with Crippen LogP contribution < -0.4 is 14.8 Å². The Labute approximate surface area is 128 Å². The number of benzene rings is 1. The molecular formula is C17H28N2O2. The molecule has 0 saturated heterocycles. The molecule has 1 aromatic carbocycles. The van der Waals surface area contributed by atoms with E-state index in [-0.39, 0.29) is 0 Å². The van der Waals surface area contributed by atoms with Crippen molar-refractivity contribution in [1.29, 1.82) is 0 Å². The van der Waals surface area contributed by atoms with E-state index in [1.54, 1.807) is 0 Å². The van der Waals surface area contributed by atoms with Crippen LogP contribution in [-0.4, -0.2) is 45.3 Å². The smallest absolute Gasteiger partial charge is 0.161 e. The van der Waals surface area contributed by atoms with Crippen molar-refractivity contribution in [1.82, 2.24) is 10.2 Å². The summed E-state index contributed by atoms with van der Waals surface area (Å²) in [4.78, 5) is 2.23. The predicted octanol–water partition coefficient (Wildman–Crippen LogP) is 2.84. The van der Waals surface area contributed by atoms with Gasteiger partial charge in [-0.3, -0.25) is 0 Å². The molecule has 1 aromatic rings. The highest BCUT2D eigenvalue weighted by molar-refractivity contribution is 5.44. The van der Waals surface area contributed by atoms with Gasteiger partial charge < -0.3 is 19.7 Å². The largest absolute Gasteiger partial charge is 0.490 e. The van der Waals surface area contributed by atoms with Gasteiger partial charge in [0.15, 0.2) is 11.5 Å². The Morgan fingerprint density at radius 1 is 1.19 bits per heavy atom. The van der Waals surface area contributed by atoms with Crippen molar-refractivity contribution >= 4 is 0 Å². The Kier molecular flexibility index (Phi) is 6.33. The maximum absolute atomic E-state index is 5.81. The minimum absolute atomic E-state index is 0.365. The maximum Gasteiger partial charge on any atom is 0.161 e. The molecule has 0 radical (unpaired) electrons. The van der Waals surface area contributed by atoms with Crippen molar-refractivity contribution in [3.8, 4) is 11.5 Å². The first kappa shape index (κ1) is 16.1. The third-order valence-electron chi connectivity index (χ3n) is 3.68. The van der Waals surface area contributed by atoms with Gasteiger partial charge in [-0.15, -0.1) is 0 Å². The SMILES string of the molecule is CCCNC(CCN(C)C)c1ccc2c(c1)OCCCO2. The van der Waals surface area contributed by atoms with Gasteiger partial charge in [-0.05, 0) is 57.7 Å². The van der Waals surface area contributed by atoms with Crippen LogP contribution in [-0.2, 0) is 0 Å². The van der Waals surface area contributed by atoms with Crippen LogP contribution >= 0.6 is 0 Å². The molecule has 0 aromatic heterocycles. The highest BCUT2D eigenvalue weighted by atomic mass is 16.5. The van der Waals surface area contributed by atoms with Crippen LogP contribution in [0.3, 0.4) is 0 Å². The van der Waals surface area contributed by atoms with Gasteiger partial charge in [0.2, 0.25) is 0 Å². The first-order valence-electron chi connectivity index (χ1n) is 7.98. The summed E-state index contributed by atoms with van der Waals surface area (Å²) in [7, 11) is 4.23. The maximum atomic E-state index is 5.81. The van der Waals surface area contributed by atoms with Crippen molar-refractivity contribution in [3.63, 3.8) is 0 Å². The van der Waals surface area contributed by atoms with Crippen LogP contribution in [0.15, 0.2) is 18.2 Å². The summed E-state index contributed by atoms with van der Waals surface area (Å²) in [6.07, 6.45) is 3.18. The quantitative estimate of drug-likeness (QED) is 0.838. The third kappa shape index (κ3) is 4.90. The number of rotatable bonds is 7. The number of ether oxygens (including phenoxy) is 2. The molecule has 1 atom stereocenters. The molecule has 21 heavy (non-hydrogen) atoms. The van der Waals surface area contributed by atoms with Gasteiger partial charge in [0.1, 0.15) is 0 Å². The average molecular weight is 292 g/mol. The van der Waals surface area contributed by atoms with Crippen LogP contribution in [0, 0.1) is 0 Å². The second-order valence-corrected chi connectivity index (χ2v) is 5.86. The van der Waals surface area contributed by atoms with E-state index in [2.05, 4.69) is 43.4 Å². The molecule has 2 rings (SSSR count). The lowest BCUT2D eigenvalue weighted by Crippen LogP contribution is -2.26. The van der Waals surface area contributed by atoms with Gasteiger partial charge in [0.05, 0.1) is 13.2 Å². The van der Waals surface area contributed by atoms with E-state index >= 15 is 0 Å². The number of hydrogen-bond donors (Lipinski definition) is 1. The molecular weight excluding hydrogens is 264 g/mol. The van der Waals surface area contributed by atoms with Crippen molar-refractivity contribution in [2.24, 2.45) is 0 Å². The van der Waals surface area contributed by atoms with E-state index < -0.39 is 0 Å². The number of nitrogens with one attached hydrogen (secondary N) is 1. The lowest BCUT2D eigenvalue weighted by Gasteiger charge is -2.22. The summed E-state index contributed by atoms with van der Waals surface area (Å²) in [5.74, 6) is 1.76. The summed E-state index contributed by atoms with van der Waals surface area (Å²) < 4.78 is 11.5. The van der Waals surface area contributed by atoms with E-state index in [1.807, 2.05) is 6.07 Å². The zero-order chi connectivity index (χ0) is 15.1. The first-order valence-corrected chi connectivity index (χ1v) is 7.98. The van der Waals surface area contributed by atoms with E-state index in [9.17, 15) is 0 Å². The van der Waals surface area contributed by atoms with Gasteiger partial charge in [0, 0.05) is 12.5 Å². The first-order chi connectivity index (χ1) is 10.2. The second-order valence-electron chi connectivity index (χ2n) is 5.86. The monoisotopic (exact) mass is 292 g/mol. The topological polar surface area (TPSA) is 33.7 Å². The van der Waals surface area contributed by atoms with Crippen LogP contribution in [0.25, 0.3) is 0 Å². The third-order valence-corrected chi connectivity index (χ3v) is 3.68. The zero-order valence-corrected chi connectivity index (χ0v) is 13.5. The summed E-state index contributed by atoms with van der Waals surface area (Å²) >= 11 is 0. The summed E-state index contributed by atoms with van der Waals surface area (Å²) in [5.41, 5.74) is 1.29. The normalized spacial score (nSPS) is 15.8. The molecule has 4 nitrogen and oxygen atoms in total. The van der Waals surface area contributed by atoms with E-state index in [0.717, 1.165) is 57.1 Å².